The molecule has 0 aliphatic carbocycles. The molecule has 0 amide bonds. The molecule has 0 saturated carbocycles. The molecule has 3 heteroatoms. The van der Waals surface area contributed by atoms with Crippen LogP contribution in [-0.4, -0.2) is 4.98 Å². The van der Waals surface area contributed by atoms with Gasteiger partial charge in [0.25, 0.3) is 0 Å². The van der Waals surface area contributed by atoms with Crippen LogP contribution in [0, 0.1) is 0 Å². The Morgan fingerprint density at radius 3 is 1.36 bits per heavy atom. The van der Waals surface area contributed by atoms with Crippen molar-refractivity contribution in [2.45, 2.75) is 0 Å². The van der Waals surface area contributed by atoms with E-state index in [9.17, 15) is 0 Å². The first-order chi connectivity index (χ1) is 20.9. The number of benzene rings is 6. The SMILES string of the molecule is C(=C\c1ccc(N2c3ccccc3N(c3ccccc3)c3c2c2ccccc2c2ccccc32)cc1)/c1ccncc1. The van der Waals surface area contributed by atoms with Gasteiger partial charge in [0.2, 0.25) is 0 Å². The van der Waals surface area contributed by atoms with Crippen LogP contribution in [0.3, 0.4) is 0 Å². The first kappa shape index (κ1) is 24.2. The maximum Gasteiger partial charge on any atom is 0.0788 e. The maximum atomic E-state index is 4.12. The molecule has 3 nitrogen and oxygen atoms in total. The number of hydrogen-bond acceptors (Lipinski definition) is 3. The first-order valence-corrected chi connectivity index (χ1v) is 14.2. The number of pyridine rings is 1. The lowest BCUT2D eigenvalue weighted by Crippen LogP contribution is -2.24. The Labute approximate surface area is 245 Å². The Balaban J connectivity index is 1.39. The van der Waals surface area contributed by atoms with Crippen LogP contribution in [0.2, 0.25) is 0 Å². The van der Waals surface area contributed by atoms with Gasteiger partial charge < -0.3 is 9.80 Å². The van der Waals surface area contributed by atoms with Crippen molar-refractivity contribution in [1.29, 1.82) is 0 Å². The minimum Gasteiger partial charge on any atom is -0.306 e. The predicted octanol–water partition coefficient (Wildman–Crippen LogP) is 10.8. The van der Waals surface area contributed by atoms with E-state index in [1.54, 1.807) is 0 Å². The van der Waals surface area contributed by atoms with E-state index in [0.29, 0.717) is 0 Å². The molecule has 42 heavy (non-hydrogen) atoms. The van der Waals surface area contributed by atoms with Gasteiger partial charge in [0, 0.05) is 34.5 Å². The van der Waals surface area contributed by atoms with Gasteiger partial charge in [0.15, 0.2) is 0 Å². The molecule has 1 aliphatic rings. The third-order valence-corrected chi connectivity index (χ3v) is 8.03. The molecule has 2 heterocycles. The Morgan fingerprint density at radius 1 is 0.381 bits per heavy atom. The summed E-state index contributed by atoms with van der Waals surface area (Å²) in [5.41, 5.74) is 9.22. The lowest BCUT2D eigenvalue weighted by atomic mass is 9.93. The second-order valence-corrected chi connectivity index (χ2v) is 10.5. The van der Waals surface area contributed by atoms with Gasteiger partial charge in [0.1, 0.15) is 0 Å². The van der Waals surface area contributed by atoms with Crippen LogP contribution < -0.4 is 9.80 Å². The van der Waals surface area contributed by atoms with Crippen LogP contribution in [-0.2, 0) is 0 Å². The molecule has 6 aromatic carbocycles. The molecule has 8 rings (SSSR count). The summed E-state index contributed by atoms with van der Waals surface area (Å²) < 4.78 is 0. The van der Waals surface area contributed by atoms with Gasteiger partial charge in [-0.3, -0.25) is 4.98 Å². The number of para-hydroxylation sites is 3. The van der Waals surface area contributed by atoms with Gasteiger partial charge >= 0.3 is 0 Å². The molecular weight excluding hydrogens is 510 g/mol. The summed E-state index contributed by atoms with van der Waals surface area (Å²) in [5.74, 6) is 0. The van der Waals surface area contributed by atoms with Gasteiger partial charge in [-0.05, 0) is 70.4 Å². The van der Waals surface area contributed by atoms with Crippen molar-refractivity contribution < 1.29 is 0 Å². The lowest BCUT2D eigenvalue weighted by Gasteiger charge is -2.42. The summed E-state index contributed by atoms with van der Waals surface area (Å²) >= 11 is 0. The largest absolute Gasteiger partial charge is 0.306 e. The highest BCUT2D eigenvalue weighted by atomic mass is 15.3. The van der Waals surface area contributed by atoms with Gasteiger partial charge in [-0.15, -0.1) is 0 Å². The third-order valence-electron chi connectivity index (χ3n) is 8.03. The van der Waals surface area contributed by atoms with Crippen molar-refractivity contribution in [2.24, 2.45) is 0 Å². The topological polar surface area (TPSA) is 19.4 Å². The molecular formula is C39H27N3. The zero-order chi connectivity index (χ0) is 27.9. The third kappa shape index (κ3) is 3.94. The Bertz CT molecular complexity index is 2080. The molecule has 0 spiro atoms. The van der Waals surface area contributed by atoms with Crippen LogP contribution in [0.25, 0.3) is 33.7 Å². The highest BCUT2D eigenvalue weighted by Gasteiger charge is 2.33. The molecule has 7 aromatic rings. The van der Waals surface area contributed by atoms with Crippen LogP contribution in [0.5, 0.6) is 0 Å². The Kier molecular flexibility index (Phi) is 5.79. The van der Waals surface area contributed by atoms with Crippen molar-refractivity contribution >= 4 is 67.8 Å². The average Bonchev–Trinajstić information content (AvgIpc) is 3.07. The smallest absolute Gasteiger partial charge is 0.0788 e. The zero-order valence-corrected chi connectivity index (χ0v) is 22.9. The number of aromatic nitrogens is 1. The minimum absolute atomic E-state index is 1.12. The second kappa shape index (κ2) is 10.1. The summed E-state index contributed by atoms with van der Waals surface area (Å²) in [7, 11) is 0. The van der Waals surface area contributed by atoms with Crippen molar-refractivity contribution in [3.63, 3.8) is 0 Å². The number of nitrogens with zero attached hydrogens (tertiary/aromatic N) is 3. The van der Waals surface area contributed by atoms with Gasteiger partial charge in [-0.2, -0.15) is 0 Å². The Hall–Kier alpha value is -5.67. The van der Waals surface area contributed by atoms with Crippen molar-refractivity contribution in [3.8, 4) is 0 Å². The van der Waals surface area contributed by atoms with Crippen LogP contribution >= 0.6 is 0 Å². The highest BCUT2D eigenvalue weighted by molar-refractivity contribution is 6.25. The van der Waals surface area contributed by atoms with E-state index in [4.69, 9.17) is 0 Å². The van der Waals surface area contributed by atoms with E-state index >= 15 is 0 Å². The predicted molar refractivity (Wildman–Crippen MR) is 178 cm³/mol. The summed E-state index contributed by atoms with van der Waals surface area (Å²) in [5, 5.41) is 4.96. The van der Waals surface area contributed by atoms with Crippen molar-refractivity contribution in [1.82, 2.24) is 4.98 Å². The van der Waals surface area contributed by atoms with Crippen LogP contribution in [0.4, 0.5) is 34.1 Å². The second-order valence-electron chi connectivity index (χ2n) is 10.5. The summed E-state index contributed by atoms with van der Waals surface area (Å²) in [6, 6.07) is 49.9. The molecule has 1 aliphatic heterocycles. The molecule has 198 valence electrons. The Morgan fingerprint density at radius 2 is 0.810 bits per heavy atom. The standard InChI is InChI=1S/C39H27N3/c1-2-10-30(11-3-1)41-36-16-8-9-17-37(36)42(31-22-20-28(21-23-31)18-19-29-24-26-40-27-25-29)39-35-15-7-5-13-33(35)32-12-4-6-14-34(32)38(39)41/h1-27H/b19-18+. The molecule has 0 radical (unpaired) electrons. The van der Waals surface area contributed by atoms with E-state index in [1.807, 2.05) is 24.5 Å². The minimum atomic E-state index is 1.12. The number of fused-ring (bicyclic) bond motifs is 7. The highest BCUT2D eigenvalue weighted by Crippen LogP contribution is 2.58. The number of hydrogen-bond donors (Lipinski definition) is 0. The number of rotatable bonds is 4. The molecule has 0 N–H and O–H groups in total. The summed E-state index contributed by atoms with van der Waals surface area (Å²) in [6.45, 7) is 0. The summed E-state index contributed by atoms with van der Waals surface area (Å²) in [6.07, 6.45) is 7.92. The lowest BCUT2D eigenvalue weighted by molar-refractivity contribution is 1.19. The van der Waals surface area contributed by atoms with Gasteiger partial charge in [-0.25, -0.2) is 0 Å². The van der Waals surface area contributed by atoms with Crippen LogP contribution in [0.1, 0.15) is 11.1 Å². The summed E-state index contributed by atoms with van der Waals surface area (Å²) in [4.78, 5) is 8.99. The quantitative estimate of drug-likeness (QED) is 0.208. The first-order valence-electron chi connectivity index (χ1n) is 14.2. The molecule has 0 atom stereocenters. The van der Waals surface area contributed by atoms with Crippen molar-refractivity contribution in [2.75, 3.05) is 9.80 Å². The molecule has 0 bridgehead atoms. The average molecular weight is 538 g/mol. The van der Waals surface area contributed by atoms with Crippen LogP contribution in [0.15, 0.2) is 152 Å². The normalized spacial score (nSPS) is 12.6. The van der Waals surface area contributed by atoms with Gasteiger partial charge in [0.05, 0.1) is 22.7 Å². The molecule has 0 fully saturated rings. The van der Waals surface area contributed by atoms with E-state index < -0.39 is 0 Å². The monoisotopic (exact) mass is 537 g/mol. The van der Waals surface area contributed by atoms with E-state index in [-0.39, 0.29) is 0 Å². The van der Waals surface area contributed by atoms with E-state index in [2.05, 4.69) is 154 Å². The number of anilines is 6. The molecule has 1 aromatic heterocycles. The molecule has 0 saturated heterocycles. The maximum absolute atomic E-state index is 4.12. The fourth-order valence-electron chi connectivity index (χ4n) is 6.15. The fourth-order valence-corrected chi connectivity index (χ4v) is 6.15. The molecule has 0 unspecified atom stereocenters. The fraction of sp³-hybridized carbons (Fsp3) is 0. The zero-order valence-electron chi connectivity index (χ0n) is 22.9. The van der Waals surface area contributed by atoms with Gasteiger partial charge in [-0.1, -0.05) is 103 Å². The van der Waals surface area contributed by atoms with E-state index in [1.165, 1.54) is 32.9 Å². The van der Waals surface area contributed by atoms with E-state index in [0.717, 1.165) is 33.9 Å². The van der Waals surface area contributed by atoms with Crippen molar-refractivity contribution in [3.05, 3.63) is 163 Å².